The van der Waals surface area contributed by atoms with Crippen LogP contribution in [0.4, 0.5) is 4.79 Å². The molecule has 2 N–H and O–H groups in total. The molecule has 6 heteroatoms. The average Bonchev–Trinajstić information content (AvgIpc) is 2.61. The van der Waals surface area contributed by atoms with Crippen molar-refractivity contribution in [1.82, 2.24) is 20.7 Å². The van der Waals surface area contributed by atoms with Crippen LogP contribution in [0.15, 0.2) is 12.4 Å². The largest absolute Gasteiger partial charge is 0.443 e. The van der Waals surface area contributed by atoms with Gasteiger partial charge in [-0.2, -0.15) is 0 Å². The van der Waals surface area contributed by atoms with Crippen molar-refractivity contribution >= 4 is 6.09 Å². The van der Waals surface area contributed by atoms with E-state index in [0.717, 1.165) is 6.67 Å². The Hall–Kier alpha value is -1.27. The third kappa shape index (κ3) is 2.45. The van der Waals surface area contributed by atoms with Gasteiger partial charge in [0.2, 0.25) is 0 Å². The van der Waals surface area contributed by atoms with Crippen LogP contribution in [-0.2, 0) is 4.74 Å². The Morgan fingerprint density at radius 1 is 1.44 bits per heavy atom. The Labute approximate surface area is 95.2 Å². The van der Waals surface area contributed by atoms with Crippen molar-refractivity contribution in [2.24, 2.45) is 0 Å². The summed E-state index contributed by atoms with van der Waals surface area (Å²) >= 11 is 0. The van der Waals surface area contributed by atoms with E-state index in [1.165, 1.54) is 0 Å². The third-order valence-corrected chi connectivity index (χ3v) is 2.34. The molecule has 2 heterocycles. The standard InChI is InChI=1S/C10H18N4O2/c1-10(2,3)16-9(15)13-4-5-14-8(6-13)11-7-12-14/h4-5,8,11-12H,6-7H2,1-3H3. The molecule has 90 valence electrons. The van der Waals surface area contributed by atoms with Gasteiger partial charge in [0.25, 0.3) is 0 Å². The molecule has 1 saturated heterocycles. The number of carbonyl (C=O) groups excluding carboxylic acids is 1. The Kier molecular flexibility index (Phi) is 2.77. The fourth-order valence-electron chi connectivity index (χ4n) is 1.63. The van der Waals surface area contributed by atoms with Gasteiger partial charge in [-0.05, 0) is 20.8 Å². The van der Waals surface area contributed by atoms with Crippen molar-refractivity contribution in [3.63, 3.8) is 0 Å². The van der Waals surface area contributed by atoms with Crippen LogP contribution in [0.1, 0.15) is 20.8 Å². The monoisotopic (exact) mass is 226 g/mol. The molecule has 1 unspecified atom stereocenters. The van der Waals surface area contributed by atoms with E-state index in [0.29, 0.717) is 6.54 Å². The number of hydrogen-bond donors (Lipinski definition) is 2. The van der Waals surface area contributed by atoms with E-state index in [-0.39, 0.29) is 12.3 Å². The van der Waals surface area contributed by atoms with Gasteiger partial charge in [0.05, 0.1) is 13.2 Å². The van der Waals surface area contributed by atoms with Crippen LogP contribution in [0.5, 0.6) is 0 Å². The van der Waals surface area contributed by atoms with Crippen LogP contribution in [0.25, 0.3) is 0 Å². The first-order valence-corrected chi connectivity index (χ1v) is 5.39. The zero-order valence-corrected chi connectivity index (χ0v) is 9.86. The quantitative estimate of drug-likeness (QED) is 0.626. The van der Waals surface area contributed by atoms with Crippen LogP contribution < -0.4 is 10.7 Å². The van der Waals surface area contributed by atoms with Gasteiger partial charge in [0.1, 0.15) is 11.8 Å². The van der Waals surface area contributed by atoms with Crippen LogP contribution in [0, 0.1) is 0 Å². The molecule has 1 amide bonds. The first-order valence-electron chi connectivity index (χ1n) is 5.39. The summed E-state index contributed by atoms with van der Waals surface area (Å²) in [5, 5.41) is 5.17. The maximum Gasteiger partial charge on any atom is 0.414 e. The SMILES string of the molecule is CC(C)(C)OC(=O)N1C=CN2NCNC2C1. The maximum atomic E-state index is 11.8. The lowest BCUT2D eigenvalue weighted by Crippen LogP contribution is -2.49. The summed E-state index contributed by atoms with van der Waals surface area (Å²) in [7, 11) is 0. The molecule has 0 aliphatic carbocycles. The molecule has 2 aliphatic rings. The first kappa shape index (κ1) is 11.2. The van der Waals surface area contributed by atoms with Gasteiger partial charge in [-0.25, -0.2) is 10.2 Å². The maximum absolute atomic E-state index is 11.8. The summed E-state index contributed by atoms with van der Waals surface area (Å²) in [4.78, 5) is 13.4. The average molecular weight is 226 g/mol. The third-order valence-electron chi connectivity index (χ3n) is 2.34. The molecule has 0 aromatic heterocycles. The minimum Gasteiger partial charge on any atom is -0.443 e. The number of carbonyl (C=O) groups is 1. The highest BCUT2D eigenvalue weighted by Gasteiger charge is 2.30. The molecule has 2 aliphatic heterocycles. The van der Waals surface area contributed by atoms with E-state index in [4.69, 9.17) is 4.74 Å². The lowest BCUT2D eigenvalue weighted by Gasteiger charge is -2.33. The van der Waals surface area contributed by atoms with Crippen LogP contribution in [-0.4, -0.2) is 41.0 Å². The number of hydrogen-bond acceptors (Lipinski definition) is 5. The van der Waals surface area contributed by atoms with Gasteiger partial charge >= 0.3 is 6.09 Å². The fourth-order valence-corrected chi connectivity index (χ4v) is 1.63. The second-order valence-corrected chi connectivity index (χ2v) is 4.89. The smallest absolute Gasteiger partial charge is 0.414 e. The Morgan fingerprint density at radius 2 is 2.19 bits per heavy atom. The predicted octanol–water partition coefficient (Wildman–Crippen LogP) is 0.402. The summed E-state index contributed by atoms with van der Waals surface area (Å²) in [6.07, 6.45) is 3.37. The van der Waals surface area contributed by atoms with Gasteiger partial charge in [-0.3, -0.25) is 15.2 Å². The normalized spacial score (nSPS) is 24.6. The van der Waals surface area contributed by atoms with Gasteiger partial charge < -0.3 is 4.74 Å². The van der Waals surface area contributed by atoms with Crippen molar-refractivity contribution in [1.29, 1.82) is 0 Å². The zero-order valence-electron chi connectivity index (χ0n) is 9.86. The van der Waals surface area contributed by atoms with Gasteiger partial charge in [0, 0.05) is 12.4 Å². The molecule has 0 aromatic carbocycles. The van der Waals surface area contributed by atoms with Crippen LogP contribution in [0.2, 0.25) is 0 Å². The van der Waals surface area contributed by atoms with E-state index < -0.39 is 5.60 Å². The number of rotatable bonds is 0. The topological polar surface area (TPSA) is 56.8 Å². The highest BCUT2D eigenvalue weighted by Crippen LogP contribution is 2.14. The molecular formula is C10H18N4O2. The number of nitrogens with one attached hydrogen (secondary N) is 2. The second-order valence-electron chi connectivity index (χ2n) is 4.89. The van der Waals surface area contributed by atoms with E-state index in [1.807, 2.05) is 32.0 Å². The molecule has 0 bridgehead atoms. The van der Waals surface area contributed by atoms with E-state index in [1.54, 1.807) is 11.1 Å². The van der Waals surface area contributed by atoms with Gasteiger partial charge in [-0.15, -0.1) is 0 Å². The van der Waals surface area contributed by atoms with Crippen molar-refractivity contribution in [3.8, 4) is 0 Å². The van der Waals surface area contributed by atoms with Gasteiger partial charge in [0.15, 0.2) is 0 Å². The summed E-state index contributed by atoms with van der Waals surface area (Å²) in [6, 6.07) is 0. The molecule has 16 heavy (non-hydrogen) atoms. The first-order chi connectivity index (χ1) is 7.46. The van der Waals surface area contributed by atoms with Crippen molar-refractivity contribution < 1.29 is 9.53 Å². The van der Waals surface area contributed by atoms with Crippen molar-refractivity contribution in [2.45, 2.75) is 32.5 Å². The van der Waals surface area contributed by atoms with Crippen LogP contribution >= 0.6 is 0 Å². The van der Waals surface area contributed by atoms with Crippen molar-refractivity contribution in [3.05, 3.63) is 12.4 Å². The Morgan fingerprint density at radius 3 is 2.88 bits per heavy atom. The second kappa shape index (κ2) is 3.95. The number of nitrogens with zero attached hydrogens (tertiary/aromatic N) is 2. The molecule has 1 atom stereocenters. The summed E-state index contributed by atoms with van der Waals surface area (Å²) in [5.41, 5.74) is 2.67. The number of hydrazine groups is 1. The van der Waals surface area contributed by atoms with Gasteiger partial charge in [-0.1, -0.05) is 0 Å². The minimum atomic E-state index is -0.455. The Bertz CT molecular complexity index is 310. The number of amides is 1. The summed E-state index contributed by atoms with van der Waals surface area (Å²) in [6.45, 7) is 6.89. The minimum absolute atomic E-state index is 0.123. The summed E-state index contributed by atoms with van der Waals surface area (Å²) < 4.78 is 5.29. The highest BCUT2D eigenvalue weighted by molar-refractivity contribution is 5.69. The summed E-state index contributed by atoms with van der Waals surface area (Å²) in [5.74, 6) is 0. The molecule has 1 fully saturated rings. The van der Waals surface area contributed by atoms with E-state index in [2.05, 4.69) is 10.7 Å². The predicted molar refractivity (Wildman–Crippen MR) is 58.8 cm³/mol. The number of ether oxygens (including phenoxy) is 1. The molecule has 0 spiro atoms. The lowest BCUT2D eigenvalue weighted by atomic mass is 10.2. The molecule has 2 rings (SSSR count). The highest BCUT2D eigenvalue weighted by atomic mass is 16.6. The molecular weight excluding hydrogens is 208 g/mol. The fraction of sp³-hybridized carbons (Fsp3) is 0.700. The zero-order chi connectivity index (χ0) is 11.8. The molecule has 6 nitrogen and oxygen atoms in total. The molecule has 0 radical (unpaired) electrons. The Balaban J connectivity index is 1.96. The molecule has 0 aromatic rings. The van der Waals surface area contributed by atoms with Crippen molar-refractivity contribution in [2.75, 3.05) is 13.2 Å². The van der Waals surface area contributed by atoms with Crippen LogP contribution in [0.3, 0.4) is 0 Å². The lowest BCUT2D eigenvalue weighted by molar-refractivity contribution is 0.0267. The van der Waals surface area contributed by atoms with E-state index >= 15 is 0 Å². The molecule has 0 saturated carbocycles. The number of fused-ring (bicyclic) bond motifs is 1. The van der Waals surface area contributed by atoms with E-state index in [9.17, 15) is 4.79 Å².